The van der Waals surface area contributed by atoms with Gasteiger partial charge in [-0.25, -0.2) is 4.98 Å². The normalized spacial score (nSPS) is 10.1. The van der Waals surface area contributed by atoms with Crippen LogP contribution in [-0.4, -0.2) is 16.2 Å². The summed E-state index contributed by atoms with van der Waals surface area (Å²) >= 11 is 1.65. The summed E-state index contributed by atoms with van der Waals surface area (Å²) in [7, 11) is 0. The smallest absolute Gasteiger partial charge is 0.0957 e. The van der Waals surface area contributed by atoms with Gasteiger partial charge in [-0.05, 0) is 18.4 Å². The molecule has 0 N–H and O–H groups in total. The molecule has 0 bridgehead atoms. The first kappa shape index (κ1) is 9.21. The van der Waals surface area contributed by atoms with Crippen LogP contribution in [0.25, 0.3) is 11.1 Å². The molecule has 0 saturated carbocycles. The van der Waals surface area contributed by atoms with Gasteiger partial charge in [0.25, 0.3) is 0 Å². The second-order valence-corrected chi connectivity index (χ2v) is 3.66. The van der Waals surface area contributed by atoms with Gasteiger partial charge in [0, 0.05) is 29.7 Å². The molecule has 3 heteroatoms. The topological polar surface area (TPSA) is 25.8 Å². The molecule has 0 fully saturated rings. The van der Waals surface area contributed by atoms with Crippen LogP contribution in [0.4, 0.5) is 0 Å². The molecule has 2 nitrogen and oxygen atoms in total. The van der Waals surface area contributed by atoms with Crippen LogP contribution in [0.3, 0.4) is 0 Å². The van der Waals surface area contributed by atoms with Crippen LogP contribution in [0.1, 0.15) is 0 Å². The van der Waals surface area contributed by atoms with Gasteiger partial charge in [0.1, 0.15) is 0 Å². The molecule has 0 amide bonds. The van der Waals surface area contributed by atoms with Crippen LogP contribution in [-0.2, 0) is 0 Å². The van der Waals surface area contributed by atoms with E-state index in [-0.39, 0.29) is 0 Å². The highest BCUT2D eigenvalue weighted by Crippen LogP contribution is 2.19. The molecular weight excluding hydrogens is 192 g/mol. The van der Waals surface area contributed by atoms with E-state index in [9.17, 15) is 0 Å². The summed E-state index contributed by atoms with van der Waals surface area (Å²) in [6, 6.07) is 8.05. The van der Waals surface area contributed by atoms with Gasteiger partial charge >= 0.3 is 0 Å². The second-order valence-electron chi connectivity index (χ2n) is 2.83. The van der Waals surface area contributed by atoms with E-state index in [1.807, 2.05) is 36.8 Å². The Labute approximate surface area is 87.4 Å². The minimum Gasteiger partial charge on any atom is -0.264 e. The van der Waals surface area contributed by atoms with E-state index in [1.165, 1.54) is 0 Å². The molecule has 0 aliphatic rings. The third kappa shape index (κ3) is 1.93. The van der Waals surface area contributed by atoms with Crippen molar-refractivity contribution in [2.75, 3.05) is 6.26 Å². The summed E-state index contributed by atoms with van der Waals surface area (Å²) in [6.45, 7) is 0. The Balaban J connectivity index is 2.34. The first-order valence-corrected chi connectivity index (χ1v) is 5.53. The average molecular weight is 202 g/mol. The lowest BCUT2D eigenvalue weighted by atomic mass is 10.1. The minimum absolute atomic E-state index is 1.04. The average Bonchev–Trinajstić information content (AvgIpc) is 2.30. The molecule has 0 atom stereocenters. The number of thioether (sulfide) groups is 1. The van der Waals surface area contributed by atoms with E-state index in [0.29, 0.717) is 0 Å². The predicted octanol–water partition coefficient (Wildman–Crippen LogP) is 2.87. The summed E-state index contributed by atoms with van der Waals surface area (Å²) in [6.07, 6.45) is 7.51. The first-order chi connectivity index (χ1) is 6.90. The zero-order valence-corrected chi connectivity index (χ0v) is 8.66. The van der Waals surface area contributed by atoms with Gasteiger partial charge in [-0.2, -0.15) is 0 Å². The number of nitrogens with zero attached hydrogens (tertiary/aromatic N) is 2. The van der Waals surface area contributed by atoms with Crippen molar-refractivity contribution in [3.05, 3.63) is 42.9 Å². The van der Waals surface area contributed by atoms with Crippen molar-refractivity contribution < 1.29 is 0 Å². The number of pyridine rings is 2. The lowest BCUT2D eigenvalue weighted by molar-refractivity contribution is 1.14. The fourth-order valence-corrected chi connectivity index (χ4v) is 1.57. The molecule has 0 spiro atoms. The highest BCUT2D eigenvalue weighted by Gasteiger charge is 1.97. The van der Waals surface area contributed by atoms with Crippen LogP contribution >= 0.6 is 11.8 Å². The van der Waals surface area contributed by atoms with Crippen LogP contribution in [0, 0.1) is 0 Å². The number of rotatable bonds is 2. The molecule has 0 aliphatic carbocycles. The van der Waals surface area contributed by atoms with Crippen molar-refractivity contribution in [2.45, 2.75) is 5.03 Å². The first-order valence-electron chi connectivity index (χ1n) is 4.30. The maximum atomic E-state index is 4.31. The van der Waals surface area contributed by atoms with Gasteiger partial charge in [-0.3, -0.25) is 4.98 Å². The van der Waals surface area contributed by atoms with Crippen molar-refractivity contribution in [3.8, 4) is 11.1 Å². The molecule has 0 aliphatic heterocycles. The number of hydrogen-bond donors (Lipinski definition) is 0. The Morgan fingerprint density at radius 3 is 2.50 bits per heavy atom. The molecule has 70 valence electrons. The van der Waals surface area contributed by atoms with Gasteiger partial charge in [0.05, 0.1) is 5.03 Å². The summed E-state index contributed by atoms with van der Waals surface area (Å²) in [5, 5.41) is 1.04. The third-order valence-corrected chi connectivity index (χ3v) is 2.60. The van der Waals surface area contributed by atoms with E-state index >= 15 is 0 Å². The third-order valence-electron chi connectivity index (χ3n) is 1.94. The fourth-order valence-electron chi connectivity index (χ4n) is 1.21. The Morgan fingerprint density at radius 1 is 1.07 bits per heavy atom. The van der Waals surface area contributed by atoms with Gasteiger partial charge in [-0.1, -0.05) is 12.1 Å². The van der Waals surface area contributed by atoms with Gasteiger partial charge in [0.15, 0.2) is 0 Å². The molecule has 2 heterocycles. The molecule has 2 aromatic heterocycles. The summed E-state index contributed by atoms with van der Waals surface area (Å²) in [4.78, 5) is 8.38. The van der Waals surface area contributed by atoms with Crippen molar-refractivity contribution in [1.82, 2.24) is 9.97 Å². The molecule has 2 aromatic rings. The second kappa shape index (κ2) is 4.24. The van der Waals surface area contributed by atoms with Gasteiger partial charge in [-0.15, -0.1) is 11.8 Å². The van der Waals surface area contributed by atoms with E-state index in [1.54, 1.807) is 18.0 Å². The van der Waals surface area contributed by atoms with Crippen LogP contribution in [0.5, 0.6) is 0 Å². The Bertz CT molecular complexity index is 397. The summed E-state index contributed by atoms with van der Waals surface area (Å²) in [5.41, 5.74) is 2.21. The lowest BCUT2D eigenvalue weighted by Crippen LogP contribution is -1.82. The zero-order valence-electron chi connectivity index (χ0n) is 7.84. The molecule has 0 saturated heterocycles. The van der Waals surface area contributed by atoms with Crippen molar-refractivity contribution in [1.29, 1.82) is 0 Å². The SMILES string of the molecule is CSc1ccc(-c2cccnc2)cn1. The molecule has 14 heavy (non-hydrogen) atoms. The Hall–Kier alpha value is -1.35. The molecule has 0 unspecified atom stereocenters. The van der Waals surface area contributed by atoms with E-state index < -0.39 is 0 Å². The standard InChI is InChI=1S/C11H10N2S/c1-14-11-5-4-10(8-13-11)9-3-2-6-12-7-9/h2-8H,1H3. The van der Waals surface area contributed by atoms with Crippen LogP contribution in [0.2, 0.25) is 0 Å². The summed E-state index contributed by atoms with van der Waals surface area (Å²) in [5.74, 6) is 0. The summed E-state index contributed by atoms with van der Waals surface area (Å²) < 4.78 is 0. The number of aromatic nitrogens is 2. The van der Waals surface area contributed by atoms with Crippen LogP contribution in [0.15, 0.2) is 47.9 Å². The number of hydrogen-bond acceptors (Lipinski definition) is 3. The van der Waals surface area contributed by atoms with Crippen molar-refractivity contribution in [3.63, 3.8) is 0 Å². The van der Waals surface area contributed by atoms with E-state index in [4.69, 9.17) is 0 Å². The highest BCUT2D eigenvalue weighted by atomic mass is 32.2. The largest absolute Gasteiger partial charge is 0.264 e. The molecule has 2 rings (SSSR count). The fraction of sp³-hybridized carbons (Fsp3) is 0.0909. The van der Waals surface area contributed by atoms with Crippen LogP contribution < -0.4 is 0 Å². The lowest BCUT2D eigenvalue weighted by Gasteiger charge is -2.00. The predicted molar refractivity (Wildman–Crippen MR) is 59.2 cm³/mol. The van der Waals surface area contributed by atoms with Crippen molar-refractivity contribution in [2.24, 2.45) is 0 Å². The van der Waals surface area contributed by atoms with Gasteiger partial charge in [0.2, 0.25) is 0 Å². The highest BCUT2D eigenvalue weighted by molar-refractivity contribution is 7.98. The Kier molecular flexibility index (Phi) is 2.79. The molecule has 0 aromatic carbocycles. The quantitative estimate of drug-likeness (QED) is 0.700. The van der Waals surface area contributed by atoms with E-state index in [2.05, 4.69) is 16.0 Å². The molecular formula is C11H10N2S. The maximum Gasteiger partial charge on any atom is 0.0957 e. The Morgan fingerprint density at radius 2 is 1.93 bits per heavy atom. The monoisotopic (exact) mass is 202 g/mol. The van der Waals surface area contributed by atoms with E-state index in [0.717, 1.165) is 16.2 Å². The molecule has 0 radical (unpaired) electrons. The maximum absolute atomic E-state index is 4.31. The van der Waals surface area contributed by atoms with Crippen molar-refractivity contribution >= 4 is 11.8 Å². The zero-order chi connectivity index (χ0) is 9.80. The van der Waals surface area contributed by atoms with Gasteiger partial charge < -0.3 is 0 Å². The minimum atomic E-state index is 1.04.